The van der Waals surface area contributed by atoms with Crippen LogP contribution in [0.15, 0.2) is 53.3 Å². The molecular weight excluding hydrogens is 292 g/mol. The first kappa shape index (κ1) is 14.8. The lowest BCUT2D eigenvalue weighted by Gasteiger charge is -2.08. The smallest absolute Gasteiger partial charge is 0.255 e. The molecule has 0 saturated heterocycles. The zero-order chi connectivity index (χ0) is 16.4. The van der Waals surface area contributed by atoms with Crippen LogP contribution < -0.4 is 15.6 Å². The van der Waals surface area contributed by atoms with Crippen LogP contribution in [0.4, 0.5) is 5.69 Å². The standard InChI is InChI=1S/C18H16N2O3/c1-11-8-17(21)20-16-10-13(6-7-15(11)16)19-18(22)12-4-3-5-14(9-12)23-2/h3-10H,1-2H3,(H,19,22)(H,20,21). The summed E-state index contributed by atoms with van der Waals surface area (Å²) in [6.07, 6.45) is 0. The molecular formula is C18H16N2O3. The molecule has 0 atom stereocenters. The molecule has 0 fully saturated rings. The Morgan fingerprint density at radius 3 is 2.74 bits per heavy atom. The molecule has 2 aromatic carbocycles. The Labute approximate surface area is 132 Å². The van der Waals surface area contributed by atoms with Gasteiger partial charge in [0.05, 0.1) is 12.6 Å². The largest absolute Gasteiger partial charge is 0.497 e. The van der Waals surface area contributed by atoms with Crippen molar-refractivity contribution in [3.05, 3.63) is 70.0 Å². The van der Waals surface area contributed by atoms with Crippen LogP contribution >= 0.6 is 0 Å². The van der Waals surface area contributed by atoms with Crippen LogP contribution in [-0.2, 0) is 0 Å². The van der Waals surface area contributed by atoms with Crippen LogP contribution in [0.3, 0.4) is 0 Å². The van der Waals surface area contributed by atoms with E-state index in [9.17, 15) is 9.59 Å². The molecule has 3 rings (SSSR count). The molecule has 1 aromatic heterocycles. The van der Waals surface area contributed by atoms with Crippen molar-refractivity contribution in [2.75, 3.05) is 12.4 Å². The summed E-state index contributed by atoms with van der Waals surface area (Å²) < 4.78 is 5.12. The molecule has 0 aliphatic carbocycles. The van der Waals surface area contributed by atoms with E-state index >= 15 is 0 Å². The molecule has 23 heavy (non-hydrogen) atoms. The minimum absolute atomic E-state index is 0.161. The van der Waals surface area contributed by atoms with Crippen molar-refractivity contribution in [2.24, 2.45) is 0 Å². The molecule has 3 aromatic rings. The van der Waals surface area contributed by atoms with Crippen molar-refractivity contribution in [3.63, 3.8) is 0 Å². The van der Waals surface area contributed by atoms with Gasteiger partial charge in [-0.15, -0.1) is 0 Å². The topological polar surface area (TPSA) is 71.2 Å². The number of rotatable bonds is 3. The van der Waals surface area contributed by atoms with Gasteiger partial charge in [-0.1, -0.05) is 12.1 Å². The van der Waals surface area contributed by atoms with Gasteiger partial charge in [0.2, 0.25) is 5.56 Å². The summed E-state index contributed by atoms with van der Waals surface area (Å²) in [7, 11) is 1.55. The summed E-state index contributed by atoms with van der Waals surface area (Å²) in [5.41, 5.74) is 2.55. The van der Waals surface area contributed by atoms with E-state index in [1.54, 1.807) is 43.5 Å². The third-order valence-electron chi connectivity index (χ3n) is 3.64. The summed E-state index contributed by atoms with van der Waals surface area (Å²) in [5, 5.41) is 3.77. The van der Waals surface area contributed by atoms with E-state index in [-0.39, 0.29) is 11.5 Å². The molecule has 0 bridgehead atoms. The third-order valence-corrected chi connectivity index (χ3v) is 3.64. The Balaban J connectivity index is 1.91. The number of aryl methyl sites for hydroxylation is 1. The van der Waals surface area contributed by atoms with Crippen LogP contribution in [0, 0.1) is 6.92 Å². The lowest BCUT2D eigenvalue weighted by Crippen LogP contribution is -2.12. The highest BCUT2D eigenvalue weighted by molar-refractivity contribution is 6.05. The van der Waals surface area contributed by atoms with E-state index in [4.69, 9.17) is 4.74 Å². The van der Waals surface area contributed by atoms with Gasteiger partial charge in [0.25, 0.3) is 5.91 Å². The predicted octanol–water partition coefficient (Wildman–Crippen LogP) is 3.10. The fourth-order valence-electron chi connectivity index (χ4n) is 2.48. The molecule has 0 aliphatic rings. The van der Waals surface area contributed by atoms with Crippen molar-refractivity contribution < 1.29 is 9.53 Å². The Kier molecular flexibility index (Phi) is 3.85. The number of pyridine rings is 1. The van der Waals surface area contributed by atoms with Gasteiger partial charge < -0.3 is 15.0 Å². The van der Waals surface area contributed by atoms with Crippen molar-refractivity contribution in [1.29, 1.82) is 0 Å². The Morgan fingerprint density at radius 2 is 1.96 bits per heavy atom. The first-order valence-corrected chi connectivity index (χ1v) is 7.16. The summed E-state index contributed by atoms with van der Waals surface area (Å²) in [5.74, 6) is 0.384. The number of carbonyl (C=O) groups is 1. The number of benzene rings is 2. The SMILES string of the molecule is COc1cccc(C(=O)Nc2ccc3c(C)cc(=O)[nH]c3c2)c1. The number of hydrogen-bond donors (Lipinski definition) is 2. The summed E-state index contributed by atoms with van der Waals surface area (Å²) in [6.45, 7) is 1.88. The van der Waals surface area contributed by atoms with E-state index in [1.165, 1.54) is 0 Å². The number of aromatic nitrogens is 1. The van der Waals surface area contributed by atoms with E-state index in [0.717, 1.165) is 10.9 Å². The van der Waals surface area contributed by atoms with E-state index in [0.29, 0.717) is 22.5 Å². The molecule has 5 nitrogen and oxygen atoms in total. The van der Waals surface area contributed by atoms with Crippen LogP contribution in [0.2, 0.25) is 0 Å². The average molecular weight is 308 g/mol. The van der Waals surface area contributed by atoms with E-state index in [2.05, 4.69) is 10.3 Å². The molecule has 0 spiro atoms. The Bertz CT molecular complexity index is 944. The summed E-state index contributed by atoms with van der Waals surface area (Å²) in [6, 6.07) is 13.9. The average Bonchev–Trinajstić information content (AvgIpc) is 2.54. The van der Waals surface area contributed by atoms with Crippen LogP contribution in [0.5, 0.6) is 5.75 Å². The number of methoxy groups -OCH3 is 1. The highest BCUT2D eigenvalue weighted by Gasteiger charge is 2.08. The van der Waals surface area contributed by atoms with Gasteiger partial charge in [0.15, 0.2) is 0 Å². The van der Waals surface area contributed by atoms with Crippen LogP contribution in [-0.4, -0.2) is 18.0 Å². The Hall–Kier alpha value is -3.08. The van der Waals surface area contributed by atoms with Crippen LogP contribution in [0.1, 0.15) is 15.9 Å². The summed E-state index contributed by atoms with van der Waals surface area (Å²) >= 11 is 0. The van der Waals surface area contributed by atoms with Gasteiger partial charge in [-0.3, -0.25) is 9.59 Å². The van der Waals surface area contributed by atoms with E-state index < -0.39 is 0 Å². The monoisotopic (exact) mass is 308 g/mol. The number of H-pyrrole nitrogens is 1. The minimum Gasteiger partial charge on any atom is -0.497 e. The van der Waals surface area contributed by atoms with E-state index in [1.807, 2.05) is 19.1 Å². The first-order chi connectivity index (χ1) is 11.1. The highest BCUT2D eigenvalue weighted by Crippen LogP contribution is 2.20. The molecule has 2 N–H and O–H groups in total. The van der Waals surface area contributed by atoms with Crippen molar-refractivity contribution in [2.45, 2.75) is 6.92 Å². The Morgan fingerprint density at radius 1 is 1.13 bits per heavy atom. The number of hydrogen-bond acceptors (Lipinski definition) is 3. The van der Waals surface area contributed by atoms with Gasteiger partial charge in [0, 0.05) is 22.7 Å². The molecule has 0 unspecified atom stereocenters. The molecule has 1 heterocycles. The van der Waals surface area contributed by atoms with Crippen LogP contribution in [0.25, 0.3) is 10.9 Å². The lowest BCUT2D eigenvalue weighted by molar-refractivity contribution is 0.102. The van der Waals surface area contributed by atoms with Gasteiger partial charge in [0.1, 0.15) is 5.75 Å². The van der Waals surface area contributed by atoms with Gasteiger partial charge in [-0.05, 0) is 42.8 Å². The zero-order valence-electron chi connectivity index (χ0n) is 12.8. The van der Waals surface area contributed by atoms with Crippen molar-refractivity contribution >= 4 is 22.5 Å². The minimum atomic E-state index is -0.238. The predicted molar refractivity (Wildman–Crippen MR) is 90.3 cm³/mol. The normalized spacial score (nSPS) is 10.5. The second-order valence-corrected chi connectivity index (χ2v) is 5.26. The fourth-order valence-corrected chi connectivity index (χ4v) is 2.48. The number of ether oxygens (including phenoxy) is 1. The third kappa shape index (κ3) is 3.08. The molecule has 0 saturated carbocycles. The maximum atomic E-state index is 12.3. The molecule has 0 aliphatic heterocycles. The number of amides is 1. The maximum Gasteiger partial charge on any atom is 0.255 e. The highest BCUT2D eigenvalue weighted by atomic mass is 16.5. The molecule has 1 amide bonds. The fraction of sp³-hybridized carbons (Fsp3) is 0.111. The number of carbonyl (C=O) groups excluding carboxylic acids is 1. The number of anilines is 1. The van der Waals surface area contributed by atoms with Gasteiger partial charge >= 0.3 is 0 Å². The molecule has 0 radical (unpaired) electrons. The number of nitrogens with one attached hydrogen (secondary N) is 2. The zero-order valence-corrected chi connectivity index (χ0v) is 12.8. The summed E-state index contributed by atoms with van der Waals surface area (Å²) in [4.78, 5) is 26.7. The molecule has 5 heteroatoms. The lowest BCUT2D eigenvalue weighted by atomic mass is 10.1. The quantitative estimate of drug-likeness (QED) is 0.781. The maximum absolute atomic E-state index is 12.3. The van der Waals surface area contributed by atoms with Gasteiger partial charge in [-0.2, -0.15) is 0 Å². The second-order valence-electron chi connectivity index (χ2n) is 5.26. The van der Waals surface area contributed by atoms with Crippen molar-refractivity contribution in [3.8, 4) is 5.75 Å². The second kappa shape index (κ2) is 5.96. The van der Waals surface area contributed by atoms with Crippen molar-refractivity contribution in [1.82, 2.24) is 4.98 Å². The number of aromatic amines is 1. The molecule has 116 valence electrons. The van der Waals surface area contributed by atoms with Gasteiger partial charge in [-0.25, -0.2) is 0 Å². The number of fused-ring (bicyclic) bond motifs is 1. The first-order valence-electron chi connectivity index (χ1n) is 7.16.